The summed E-state index contributed by atoms with van der Waals surface area (Å²) in [5.74, 6) is 1.72. The first kappa shape index (κ1) is 23.9. The molecular weight excluding hydrogens is 465 g/mol. The molecule has 0 aromatic carbocycles. The van der Waals surface area contributed by atoms with E-state index >= 15 is 0 Å². The van der Waals surface area contributed by atoms with Gasteiger partial charge in [-0.3, -0.25) is 0 Å². The minimum absolute atomic E-state index is 0.374. The van der Waals surface area contributed by atoms with Crippen molar-refractivity contribution in [3.8, 4) is 11.6 Å². The van der Waals surface area contributed by atoms with E-state index in [1.54, 1.807) is 0 Å². The second-order valence-electron chi connectivity index (χ2n) is 12.3. The minimum atomic E-state index is -1.65. The van der Waals surface area contributed by atoms with E-state index in [-0.39, 0.29) is 5.41 Å². The topological polar surface area (TPSA) is 61.4 Å². The summed E-state index contributed by atoms with van der Waals surface area (Å²) < 4.78 is 3.99. The maximum absolute atomic E-state index is 5.12. The summed E-state index contributed by atoms with van der Waals surface area (Å²) in [6.07, 6.45) is 6.31. The average Bonchev–Trinajstić information content (AvgIpc) is 3.42. The van der Waals surface area contributed by atoms with Crippen LogP contribution in [0, 0.1) is 0 Å². The lowest BCUT2D eigenvalue weighted by atomic mass is 9.84. The zero-order valence-corrected chi connectivity index (χ0v) is 24.2. The molecule has 0 spiro atoms. The van der Waals surface area contributed by atoms with Crippen LogP contribution < -0.4 is 10.6 Å². The van der Waals surface area contributed by atoms with E-state index in [9.17, 15) is 0 Å². The van der Waals surface area contributed by atoms with Crippen molar-refractivity contribution in [1.29, 1.82) is 0 Å². The SMILES string of the molecule is CC1(C)c2cccc(n2)-n2cc(c([Si](C)(C)C)n2)CCc2cn(nc2[Si](C)(C)C)-c2cccc1n2. The van der Waals surface area contributed by atoms with E-state index in [1.165, 1.54) is 21.8 Å². The average molecular weight is 501 g/mol. The molecule has 8 heteroatoms. The minimum Gasteiger partial charge on any atom is -0.233 e. The van der Waals surface area contributed by atoms with Gasteiger partial charge in [-0.1, -0.05) is 51.4 Å². The molecule has 0 N–H and O–H groups in total. The predicted octanol–water partition coefficient (Wildman–Crippen LogP) is 4.36. The van der Waals surface area contributed by atoms with Crippen molar-refractivity contribution in [1.82, 2.24) is 29.5 Å². The van der Waals surface area contributed by atoms with Crippen LogP contribution in [0.1, 0.15) is 36.4 Å². The van der Waals surface area contributed by atoms with E-state index in [1.807, 2.05) is 9.36 Å². The van der Waals surface area contributed by atoms with E-state index in [2.05, 4.69) is 102 Å². The highest BCUT2D eigenvalue weighted by Crippen LogP contribution is 2.30. The summed E-state index contributed by atoms with van der Waals surface area (Å²) in [5.41, 5.74) is 4.24. The molecule has 1 aliphatic heterocycles. The lowest BCUT2D eigenvalue weighted by molar-refractivity contribution is 0.588. The van der Waals surface area contributed by atoms with Gasteiger partial charge in [0.05, 0.1) is 11.4 Å². The third-order valence-corrected chi connectivity index (χ3v) is 10.6. The van der Waals surface area contributed by atoms with Gasteiger partial charge >= 0.3 is 0 Å². The van der Waals surface area contributed by atoms with Crippen molar-refractivity contribution in [3.63, 3.8) is 0 Å². The summed E-state index contributed by atoms with van der Waals surface area (Å²) >= 11 is 0. The largest absolute Gasteiger partial charge is 0.233 e. The van der Waals surface area contributed by atoms with Gasteiger partial charge in [-0.25, -0.2) is 19.3 Å². The number of rotatable bonds is 2. The lowest BCUT2D eigenvalue weighted by Gasteiger charge is -2.24. The number of hydrogen-bond donors (Lipinski definition) is 0. The zero-order chi connectivity index (χ0) is 25.2. The van der Waals surface area contributed by atoms with Crippen molar-refractivity contribution < 1.29 is 0 Å². The number of aromatic nitrogens is 6. The first-order valence-corrected chi connectivity index (χ1v) is 19.5. The normalized spacial score (nSPS) is 15.4. The Hall–Kier alpha value is -2.85. The Labute approximate surface area is 210 Å². The highest BCUT2D eigenvalue weighted by Gasteiger charge is 2.30. The molecule has 4 aromatic heterocycles. The number of hydrogen-bond acceptors (Lipinski definition) is 4. The first-order chi connectivity index (χ1) is 16.3. The van der Waals surface area contributed by atoms with Gasteiger partial charge in [0.2, 0.25) is 0 Å². The van der Waals surface area contributed by atoms with E-state index in [4.69, 9.17) is 20.2 Å². The van der Waals surface area contributed by atoms with Crippen LogP contribution in [-0.4, -0.2) is 45.7 Å². The second-order valence-corrected chi connectivity index (χ2v) is 22.2. The number of aryl methyl sites for hydroxylation is 2. The number of nitrogens with zero attached hydrogens (tertiary/aromatic N) is 6. The van der Waals surface area contributed by atoms with Crippen LogP contribution in [0.4, 0.5) is 0 Å². The fourth-order valence-electron chi connectivity index (χ4n) is 4.88. The van der Waals surface area contributed by atoms with Gasteiger partial charge in [0, 0.05) is 28.4 Å². The first-order valence-electron chi connectivity index (χ1n) is 12.5. The predicted molar refractivity (Wildman–Crippen MR) is 148 cm³/mol. The fourth-order valence-corrected chi connectivity index (χ4v) is 8.00. The Balaban J connectivity index is 1.77. The smallest absolute Gasteiger partial charge is 0.153 e. The van der Waals surface area contributed by atoms with Crippen molar-refractivity contribution in [2.24, 2.45) is 0 Å². The lowest BCUT2D eigenvalue weighted by Crippen LogP contribution is -2.42. The molecule has 1 aliphatic rings. The van der Waals surface area contributed by atoms with Crippen LogP contribution in [0.2, 0.25) is 39.3 Å². The molecule has 8 bridgehead atoms. The third-order valence-electron chi connectivity index (χ3n) is 6.88. The van der Waals surface area contributed by atoms with Gasteiger partial charge in [-0.05, 0) is 62.1 Å². The maximum atomic E-state index is 5.12. The molecule has 0 atom stereocenters. The van der Waals surface area contributed by atoms with Gasteiger partial charge in [-0.2, -0.15) is 10.2 Å². The van der Waals surface area contributed by atoms with Crippen LogP contribution in [-0.2, 0) is 18.3 Å². The zero-order valence-electron chi connectivity index (χ0n) is 22.2. The van der Waals surface area contributed by atoms with E-state index in [0.29, 0.717) is 0 Å². The van der Waals surface area contributed by atoms with Gasteiger partial charge in [0.25, 0.3) is 0 Å². The van der Waals surface area contributed by atoms with Crippen LogP contribution in [0.15, 0.2) is 48.8 Å². The third kappa shape index (κ3) is 4.34. The van der Waals surface area contributed by atoms with Crippen LogP contribution in [0.25, 0.3) is 11.6 Å². The molecule has 0 fully saturated rings. The number of fused-ring (bicyclic) bond motifs is 10. The maximum Gasteiger partial charge on any atom is 0.153 e. The summed E-state index contributed by atoms with van der Waals surface area (Å²) in [7, 11) is -3.29. The van der Waals surface area contributed by atoms with E-state index < -0.39 is 16.1 Å². The van der Waals surface area contributed by atoms with Gasteiger partial charge in [0.1, 0.15) is 16.1 Å². The standard InChI is InChI=1S/C27H36N6Si2/c1-27(2)21-11-9-13-23(28-21)32-17-19(25(30-32)34(3,4)5)15-16-20-18-33(31-26(20)35(6,7)8)24-14-10-12-22(27)29-24/h9-14,17-18H,15-16H2,1-8H3. The van der Waals surface area contributed by atoms with Crippen molar-refractivity contribution >= 4 is 26.8 Å². The molecule has 35 heavy (non-hydrogen) atoms. The van der Waals surface area contributed by atoms with Crippen LogP contribution in [0.3, 0.4) is 0 Å². The Morgan fingerprint density at radius 1 is 0.657 bits per heavy atom. The molecule has 0 saturated heterocycles. The summed E-state index contributed by atoms with van der Waals surface area (Å²) in [6, 6.07) is 12.5. The Morgan fingerprint density at radius 3 is 1.43 bits per heavy atom. The molecule has 0 unspecified atom stereocenters. The Bertz CT molecular complexity index is 1300. The highest BCUT2D eigenvalue weighted by molar-refractivity contribution is 6.88. The molecule has 0 radical (unpaired) electrons. The highest BCUT2D eigenvalue weighted by atomic mass is 28.3. The molecular formula is C27H36N6Si2. The quantitative estimate of drug-likeness (QED) is 0.384. The van der Waals surface area contributed by atoms with Gasteiger partial charge in [0.15, 0.2) is 11.6 Å². The molecule has 0 aliphatic carbocycles. The van der Waals surface area contributed by atoms with Gasteiger partial charge in [-0.15, -0.1) is 0 Å². The second kappa shape index (κ2) is 8.10. The monoisotopic (exact) mass is 500 g/mol. The summed E-state index contributed by atoms with van der Waals surface area (Å²) in [6.45, 7) is 18.6. The van der Waals surface area contributed by atoms with Gasteiger partial charge < -0.3 is 0 Å². The molecule has 0 amide bonds. The fraction of sp³-hybridized carbons (Fsp3) is 0.407. The molecule has 0 saturated carbocycles. The van der Waals surface area contributed by atoms with Crippen LogP contribution >= 0.6 is 0 Å². The van der Waals surface area contributed by atoms with Crippen molar-refractivity contribution in [2.75, 3.05) is 0 Å². The molecule has 5 heterocycles. The Kier molecular flexibility index (Phi) is 5.52. The summed E-state index contributed by atoms with van der Waals surface area (Å²) in [5, 5.41) is 12.8. The summed E-state index contributed by atoms with van der Waals surface area (Å²) in [4.78, 5) is 10.2. The van der Waals surface area contributed by atoms with Crippen molar-refractivity contribution in [2.45, 2.75) is 71.4 Å². The van der Waals surface area contributed by atoms with Crippen LogP contribution in [0.5, 0.6) is 0 Å². The molecule has 182 valence electrons. The number of pyridine rings is 2. The van der Waals surface area contributed by atoms with Crippen molar-refractivity contribution in [3.05, 3.63) is 71.3 Å². The van der Waals surface area contributed by atoms with E-state index in [0.717, 1.165) is 35.9 Å². The molecule has 4 aromatic rings. The molecule has 5 rings (SSSR count). The molecule has 6 nitrogen and oxygen atoms in total. The Morgan fingerprint density at radius 2 is 1.06 bits per heavy atom.